The minimum Gasteiger partial charge on any atom is -0.493 e. The number of hydrogen-bond donors (Lipinski definition) is 0. The Hall–Kier alpha value is -1.29. The molecule has 1 aromatic heterocycles. The van der Waals surface area contributed by atoms with E-state index in [0.717, 1.165) is 0 Å². The van der Waals surface area contributed by atoms with Gasteiger partial charge >= 0.3 is 0 Å². The molecule has 0 saturated carbocycles. The second-order valence-corrected chi connectivity index (χ2v) is 3.67. The highest BCUT2D eigenvalue weighted by atomic mass is 79.9. The molecule has 2 aromatic rings. The Morgan fingerprint density at radius 3 is 2.73 bits per heavy atom. The summed E-state index contributed by atoms with van der Waals surface area (Å²) in [6, 6.07) is 4.37. The Balaban J connectivity index is 2.60. The van der Waals surface area contributed by atoms with Gasteiger partial charge < -0.3 is 9.47 Å². The summed E-state index contributed by atoms with van der Waals surface area (Å²) in [6.45, 7) is 0. The first-order valence-electron chi connectivity index (χ1n) is 7.01. The lowest BCUT2D eigenvalue weighted by Gasteiger charge is -2.09. The first-order valence-corrected chi connectivity index (χ1v) is 4.81. The van der Waals surface area contributed by atoms with Crippen molar-refractivity contribution in [1.82, 2.24) is 4.98 Å². The van der Waals surface area contributed by atoms with Crippen molar-refractivity contribution < 1.29 is 17.7 Å². The Bertz CT molecular complexity index is 670. The molecule has 0 unspecified atom stereocenters. The highest BCUT2D eigenvalue weighted by Crippen LogP contribution is 2.33. The van der Waals surface area contributed by atoms with Gasteiger partial charge in [-0.15, -0.1) is 0 Å². The predicted molar refractivity (Wildman–Crippen MR) is 62.5 cm³/mol. The van der Waals surface area contributed by atoms with Gasteiger partial charge in [-0.1, -0.05) is 15.9 Å². The Labute approximate surface area is 105 Å². The fourth-order valence-electron chi connectivity index (χ4n) is 1.28. The molecule has 0 spiro atoms. The normalized spacial score (nSPS) is 17.9. The summed E-state index contributed by atoms with van der Waals surface area (Å²) in [5.74, 6) is -0.392. The molecule has 15 heavy (non-hydrogen) atoms. The number of methoxy groups -OCH3 is 2. The van der Waals surface area contributed by atoms with E-state index in [1.54, 1.807) is 6.07 Å². The summed E-state index contributed by atoms with van der Waals surface area (Å²) in [5.41, 5.74) is 0.446. The number of hydrogen-bond acceptors (Lipinski definition) is 3. The van der Waals surface area contributed by atoms with Crippen LogP contribution in [0.25, 0.3) is 10.9 Å². The monoisotopic (exact) mass is 273 g/mol. The fourth-order valence-corrected chi connectivity index (χ4v) is 1.72. The molecule has 0 fully saturated rings. The van der Waals surface area contributed by atoms with Crippen molar-refractivity contribution in [2.75, 3.05) is 14.1 Å². The lowest BCUT2D eigenvalue weighted by molar-refractivity contribution is 0.356. The summed E-state index contributed by atoms with van der Waals surface area (Å²) in [7, 11) is -5.46. The van der Waals surface area contributed by atoms with E-state index in [1.807, 2.05) is 0 Å². The summed E-state index contributed by atoms with van der Waals surface area (Å²) in [5, 5.41) is 0.578. The summed E-state index contributed by atoms with van der Waals surface area (Å²) < 4.78 is 53.1. The Morgan fingerprint density at radius 2 is 2.00 bits per heavy atom. The molecule has 1 aromatic carbocycles. The third kappa shape index (κ3) is 1.77. The number of rotatable bonds is 2. The summed E-state index contributed by atoms with van der Waals surface area (Å²) in [6.07, 6.45) is 1.52. The van der Waals surface area contributed by atoms with Crippen molar-refractivity contribution >= 4 is 26.8 Å². The maximum atomic E-state index is 7.15. The second kappa shape index (κ2) is 4.06. The van der Waals surface area contributed by atoms with Crippen molar-refractivity contribution in [2.45, 2.75) is 0 Å². The van der Waals surface area contributed by atoms with Crippen molar-refractivity contribution in [2.24, 2.45) is 0 Å². The molecule has 0 aliphatic rings. The molecule has 3 nitrogen and oxygen atoms in total. The van der Waals surface area contributed by atoms with Gasteiger partial charge in [0.15, 0.2) is 11.5 Å². The summed E-state index contributed by atoms with van der Waals surface area (Å²) >= 11 is 3.31. The van der Waals surface area contributed by atoms with E-state index < -0.39 is 14.1 Å². The fraction of sp³-hybridized carbons (Fsp3) is 0.182. The number of halogens is 1. The molecule has 78 valence electrons. The van der Waals surface area contributed by atoms with Gasteiger partial charge in [-0.3, -0.25) is 4.98 Å². The van der Waals surface area contributed by atoms with Gasteiger partial charge in [-0.2, -0.15) is 0 Å². The van der Waals surface area contributed by atoms with E-state index in [2.05, 4.69) is 20.9 Å². The predicted octanol–water partition coefficient (Wildman–Crippen LogP) is 3.01. The third-order valence-electron chi connectivity index (χ3n) is 1.97. The van der Waals surface area contributed by atoms with Crippen molar-refractivity contribution in [1.29, 1.82) is 0 Å². The average Bonchev–Trinajstić information content (AvgIpc) is 2.27. The number of aromatic nitrogens is 1. The van der Waals surface area contributed by atoms with E-state index in [1.165, 1.54) is 18.3 Å². The molecule has 4 heteroatoms. The Morgan fingerprint density at radius 1 is 1.27 bits per heavy atom. The van der Waals surface area contributed by atoms with Crippen LogP contribution in [0.4, 0.5) is 0 Å². The van der Waals surface area contributed by atoms with Crippen LogP contribution in [0.2, 0.25) is 0 Å². The minimum absolute atomic E-state index is 0.188. The van der Waals surface area contributed by atoms with Crippen molar-refractivity contribution in [3.63, 3.8) is 0 Å². The molecule has 0 aliphatic heterocycles. The molecule has 0 amide bonds. The zero-order chi connectivity index (χ0) is 15.8. The number of pyridine rings is 1. The molecule has 0 atom stereocenters. The van der Waals surface area contributed by atoms with Crippen LogP contribution in [0.3, 0.4) is 0 Å². The SMILES string of the molecule is [2H]C([2H])([2H])Oc1cc2nccc(Br)c2cc1OC([2H])([2H])[2H]. The van der Waals surface area contributed by atoms with Crippen LogP contribution in [0.1, 0.15) is 8.22 Å². The number of benzene rings is 1. The average molecular weight is 274 g/mol. The standard InChI is InChI=1S/C11H10BrNO2/c1-14-10-5-7-8(12)3-4-13-9(7)6-11(10)15-2/h3-6H,1-2H3/i1D3,2D3. The van der Waals surface area contributed by atoms with E-state index >= 15 is 0 Å². The highest BCUT2D eigenvalue weighted by Gasteiger charge is 2.08. The van der Waals surface area contributed by atoms with Crippen LogP contribution < -0.4 is 9.47 Å². The zero-order valence-electron chi connectivity index (χ0n) is 13.5. The topological polar surface area (TPSA) is 31.4 Å². The molecular weight excluding hydrogens is 258 g/mol. The maximum Gasteiger partial charge on any atom is 0.162 e. The van der Waals surface area contributed by atoms with Gasteiger partial charge in [-0.25, -0.2) is 0 Å². The van der Waals surface area contributed by atoms with Gasteiger partial charge in [0.05, 0.1) is 27.8 Å². The van der Waals surface area contributed by atoms with E-state index in [4.69, 9.17) is 17.7 Å². The molecule has 0 aliphatic carbocycles. The van der Waals surface area contributed by atoms with Crippen LogP contribution in [-0.2, 0) is 0 Å². The smallest absolute Gasteiger partial charge is 0.162 e. The third-order valence-corrected chi connectivity index (χ3v) is 2.67. The van der Waals surface area contributed by atoms with Crippen LogP contribution in [0.5, 0.6) is 11.5 Å². The largest absolute Gasteiger partial charge is 0.493 e. The molecular formula is C11H10BrNO2. The van der Waals surface area contributed by atoms with Gasteiger partial charge in [0.1, 0.15) is 0 Å². The first kappa shape index (κ1) is 5.16. The lowest BCUT2D eigenvalue weighted by atomic mass is 10.2. The minimum atomic E-state index is -2.73. The van der Waals surface area contributed by atoms with Gasteiger partial charge in [0, 0.05) is 22.1 Å². The molecule has 0 bridgehead atoms. The quantitative estimate of drug-likeness (QED) is 0.843. The second-order valence-electron chi connectivity index (χ2n) is 2.81. The number of ether oxygens (including phenoxy) is 2. The molecule has 1 heterocycles. The maximum absolute atomic E-state index is 7.15. The zero-order valence-corrected chi connectivity index (χ0v) is 9.04. The van der Waals surface area contributed by atoms with Crippen LogP contribution in [-0.4, -0.2) is 19.1 Å². The molecule has 0 N–H and O–H groups in total. The molecule has 0 radical (unpaired) electrons. The van der Waals surface area contributed by atoms with Gasteiger partial charge in [0.25, 0.3) is 0 Å². The van der Waals surface area contributed by atoms with Crippen LogP contribution in [0.15, 0.2) is 28.9 Å². The number of nitrogens with zero attached hydrogens (tertiary/aromatic N) is 1. The lowest BCUT2D eigenvalue weighted by Crippen LogP contribution is -1.91. The first-order chi connectivity index (χ1) is 9.55. The molecule has 2 rings (SSSR count). The van der Waals surface area contributed by atoms with E-state index in [9.17, 15) is 0 Å². The Kier molecular flexibility index (Phi) is 1.40. The van der Waals surface area contributed by atoms with Gasteiger partial charge in [-0.05, 0) is 12.1 Å². The molecule has 0 saturated heterocycles. The highest BCUT2D eigenvalue weighted by molar-refractivity contribution is 9.10. The van der Waals surface area contributed by atoms with Crippen molar-refractivity contribution in [3.05, 3.63) is 28.9 Å². The van der Waals surface area contributed by atoms with E-state index in [0.29, 0.717) is 15.4 Å². The van der Waals surface area contributed by atoms with E-state index in [-0.39, 0.29) is 11.5 Å². The van der Waals surface area contributed by atoms with Crippen LogP contribution in [0, 0.1) is 0 Å². The van der Waals surface area contributed by atoms with Gasteiger partial charge in [0.2, 0.25) is 0 Å². The number of fused-ring (bicyclic) bond motifs is 1. The van der Waals surface area contributed by atoms with Crippen molar-refractivity contribution in [3.8, 4) is 11.5 Å². The summed E-state index contributed by atoms with van der Waals surface area (Å²) in [4.78, 5) is 4.08. The van der Waals surface area contributed by atoms with Crippen LogP contribution >= 0.6 is 15.9 Å².